The van der Waals surface area contributed by atoms with Crippen molar-refractivity contribution in [2.75, 3.05) is 6.26 Å². The van der Waals surface area contributed by atoms with Crippen LogP contribution in [0.2, 0.25) is 19.6 Å². The van der Waals surface area contributed by atoms with Gasteiger partial charge >= 0.3 is 0 Å². The van der Waals surface area contributed by atoms with E-state index in [0.717, 1.165) is 0 Å². The highest BCUT2D eigenvalue weighted by Gasteiger charge is 2.17. The first-order valence-electron chi connectivity index (χ1n) is 5.27. The van der Waals surface area contributed by atoms with Crippen molar-refractivity contribution >= 4 is 19.8 Å². The normalized spacial score (nSPS) is 13.5. The van der Waals surface area contributed by atoms with Gasteiger partial charge < -0.3 is 0 Å². The van der Waals surface area contributed by atoms with Crippen LogP contribution < -0.4 is 0 Å². The summed E-state index contributed by atoms with van der Waals surface area (Å²) < 4.78 is 1.67. The maximum atomic E-state index is 2.48. The summed E-state index contributed by atoms with van der Waals surface area (Å²) in [6.07, 6.45) is 10.1. The van der Waals surface area contributed by atoms with E-state index in [1.807, 2.05) is 11.8 Å². The molecule has 0 saturated carbocycles. The van der Waals surface area contributed by atoms with Crippen LogP contribution in [0.3, 0.4) is 0 Å². The lowest BCUT2D eigenvalue weighted by molar-refractivity contribution is 0.729. The Balaban J connectivity index is 3.94. The Labute approximate surface area is 89.2 Å². The lowest BCUT2D eigenvalue weighted by Crippen LogP contribution is -2.21. The van der Waals surface area contributed by atoms with Gasteiger partial charge in [0.15, 0.2) is 0 Å². The lowest BCUT2D eigenvalue weighted by atomic mass is 10.2. The SMILES string of the molecule is CCCCC/C=C(/SC)[Si](C)(C)C. The van der Waals surface area contributed by atoms with Crippen molar-refractivity contribution in [1.29, 1.82) is 0 Å². The molecule has 13 heavy (non-hydrogen) atoms. The van der Waals surface area contributed by atoms with Crippen molar-refractivity contribution < 1.29 is 0 Å². The zero-order chi connectivity index (χ0) is 10.3. The highest BCUT2D eigenvalue weighted by Crippen LogP contribution is 2.25. The fraction of sp³-hybridized carbons (Fsp3) is 0.818. The van der Waals surface area contributed by atoms with E-state index in [0.29, 0.717) is 0 Å². The average Bonchev–Trinajstić information content (AvgIpc) is 2.02. The van der Waals surface area contributed by atoms with E-state index >= 15 is 0 Å². The van der Waals surface area contributed by atoms with Crippen LogP contribution in [0, 0.1) is 0 Å². The molecular weight excluding hydrogens is 192 g/mol. The van der Waals surface area contributed by atoms with E-state index in [2.05, 4.69) is 38.9 Å². The van der Waals surface area contributed by atoms with E-state index in [4.69, 9.17) is 0 Å². The number of unbranched alkanes of at least 4 members (excludes halogenated alkanes) is 3. The van der Waals surface area contributed by atoms with Crippen LogP contribution in [0.4, 0.5) is 0 Å². The highest BCUT2D eigenvalue weighted by atomic mass is 32.2. The Hall–Kier alpha value is 0.307. The summed E-state index contributed by atoms with van der Waals surface area (Å²) in [5.41, 5.74) is 0. The molecule has 0 spiro atoms. The number of rotatable bonds is 6. The summed E-state index contributed by atoms with van der Waals surface area (Å²) in [7, 11) is -1.02. The molecule has 0 saturated heterocycles. The summed E-state index contributed by atoms with van der Waals surface area (Å²) in [6, 6.07) is 0. The van der Waals surface area contributed by atoms with Gasteiger partial charge in [-0.3, -0.25) is 0 Å². The van der Waals surface area contributed by atoms with Crippen LogP contribution in [0.15, 0.2) is 10.6 Å². The molecule has 0 N–H and O–H groups in total. The molecule has 0 fully saturated rings. The lowest BCUT2D eigenvalue weighted by Gasteiger charge is -2.18. The zero-order valence-electron chi connectivity index (χ0n) is 9.81. The third kappa shape index (κ3) is 6.39. The molecule has 0 heterocycles. The quantitative estimate of drug-likeness (QED) is 0.458. The van der Waals surface area contributed by atoms with Crippen molar-refractivity contribution in [1.82, 2.24) is 0 Å². The van der Waals surface area contributed by atoms with Crippen LogP contribution in [0.1, 0.15) is 32.6 Å². The smallest absolute Gasteiger partial charge is 0.0853 e. The van der Waals surface area contributed by atoms with E-state index in [-0.39, 0.29) is 0 Å². The van der Waals surface area contributed by atoms with Crippen molar-refractivity contribution in [3.05, 3.63) is 10.6 Å². The molecule has 78 valence electrons. The second kappa shape index (κ2) is 6.72. The Kier molecular flexibility index (Phi) is 6.87. The highest BCUT2D eigenvalue weighted by molar-refractivity contribution is 8.04. The molecule has 0 rings (SSSR count). The molecule has 0 aromatic heterocycles. The second-order valence-corrected chi connectivity index (χ2v) is 10.8. The van der Waals surface area contributed by atoms with Gasteiger partial charge in [0.05, 0.1) is 8.07 Å². The van der Waals surface area contributed by atoms with Crippen molar-refractivity contribution in [3.8, 4) is 0 Å². The minimum Gasteiger partial charge on any atom is -0.139 e. The molecule has 0 aliphatic rings. The number of thioether (sulfide) groups is 1. The Morgan fingerprint density at radius 2 is 1.85 bits per heavy atom. The molecule has 0 bridgehead atoms. The largest absolute Gasteiger partial charge is 0.139 e. The third-order valence-corrected chi connectivity index (χ3v) is 6.84. The van der Waals surface area contributed by atoms with E-state index in [1.54, 1.807) is 4.53 Å². The third-order valence-electron chi connectivity index (χ3n) is 2.10. The molecule has 0 aliphatic heterocycles. The molecule has 2 heteroatoms. The van der Waals surface area contributed by atoms with Crippen LogP contribution in [0.5, 0.6) is 0 Å². The van der Waals surface area contributed by atoms with Gasteiger partial charge in [-0.05, 0) is 23.6 Å². The maximum Gasteiger partial charge on any atom is 0.0853 e. The van der Waals surface area contributed by atoms with Gasteiger partial charge in [0.2, 0.25) is 0 Å². The minimum atomic E-state index is -1.02. The molecule has 0 aromatic carbocycles. The average molecular weight is 216 g/mol. The van der Waals surface area contributed by atoms with Crippen LogP contribution in [-0.2, 0) is 0 Å². The summed E-state index contributed by atoms with van der Waals surface area (Å²) >= 11 is 1.96. The molecule has 0 unspecified atom stereocenters. The monoisotopic (exact) mass is 216 g/mol. The molecule has 0 radical (unpaired) electrons. The minimum absolute atomic E-state index is 1.02. The standard InChI is InChI=1S/C11H24SSi/c1-6-7-8-9-10-11(12-2)13(3,4)5/h10H,6-9H2,1-5H3/b11-10-. The topological polar surface area (TPSA) is 0 Å². The summed E-state index contributed by atoms with van der Waals surface area (Å²) in [4.78, 5) is 0. The van der Waals surface area contributed by atoms with Crippen molar-refractivity contribution in [2.45, 2.75) is 52.2 Å². The van der Waals surface area contributed by atoms with E-state index < -0.39 is 8.07 Å². The molecule has 0 nitrogen and oxygen atoms in total. The fourth-order valence-electron chi connectivity index (χ4n) is 1.32. The van der Waals surface area contributed by atoms with Gasteiger partial charge in [-0.1, -0.05) is 45.5 Å². The Morgan fingerprint density at radius 3 is 2.23 bits per heavy atom. The van der Waals surface area contributed by atoms with Crippen molar-refractivity contribution in [2.24, 2.45) is 0 Å². The van der Waals surface area contributed by atoms with Crippen LogP contribution in [-0.4, -0.2) is 14.3 Å². The van der Waals surface area contributed by atoms with Gasteiger partial charge in [0.25, 0.3) is 0 Å². The molecule has 0 amide bonds. The first-order chi connectivity index (χ1) is 6.02. The number of allylic oxidation sites excluding steroid dienone is 1. The van der Waals surface area contributed by atoms with E-state index in [1.165, 1.54) is 25.7 Å². The number of hydrogen-bond donors (Lipinski definition) is 0. The molecule has 0 atom stereocenters. The predicted octanol–water partition coefficient (Wildman–Crippen LogP) is 4.69. The molecule has 0 aromatic rings. The van der Waals surface area contributed by atoms with Gasteiger partial charge in [-0.2, -0.15) is 0 Å². The first-order valence-corrected chi connectivity index (χ1v) is 9.99. The summed E-state index contributed by atoms with van der Waals surface area (Å²) in [5, 5.41) is 0. The summed E-state index contributed by atoms with van der Waals surface area (Å²) in [5.74, 6) is 0. The molecular formula is C11H24SSi. The first kappa shape index (κ1) is 13.3. The Bertz CT molecular complexity index is 156. The maximum absolute atomic E-state index is 2.48. The summed E-state index contributed by atoms with van der Waals surface area (Å²) in [6.45, 7) is 9.54. The number of hydrogen-bond acceptors (Lipinski definition) is 1. The predicted molar refractivity (Wildman–Crippen MR) is 69.1 cm³/mol. The van der Waals surface area contributed by atoms with Gasteiger partial charge in [-0.15, -0.1) is 11.8 Å². The zero-order valence-corrected chi connectivity index (χ0v) is 11.6. The second-order valence-electron chi connectivity index (χ2n) is 4.52. The van der Waals surface area contributed by atoms with E-state index in [9.17, 15) is 0 Å². The van der Waals surface area contributed by atoms with Gasteiger partial charge in [0, 0.05) is 0 Å². The van der Waals surface area contributed by atoms with Gasteiger partial charge in [-0.25, -0.2) is 0 Å². The van der Waals surface area contributed by atoms with Gasteiger partial charge in [0.1, 0.15) is 0 Å². The molecule has 0 aliphatic carbocycles. The fourth-order valence-corrected chi connectivity index (χ4v) is 4.81. The van der Waals surface area contributed by atoms with Crippen LogP contribution in [0.25, 0.3) is 0 Å². The van der Waals surface area contributed by atoms with Crippen LogP contribution >= 0.6 is 11.8 Å². The van der Waals surface area contributed by atoms with Crippen molar-refractivity contribution in [3.63, 3.8) is 0 Å². The Morgan fingerprint density at radius 1 is 1.23 bits per heavy atom.